The number of guanidine groups is 1. The first-order valence-electron chi connectivity index (χ1n) is 14.3. The number of nitrogens with two attached hydrogens (primary N) is 3. The van der Waals surface area contributed by atoms with E-state index in [0.29, 0.717) is 11.1 Å². The van der Waals surface area contributed by atoms with Crippen molar-refractivity contribution in [3.8, 4) is 5.75 Å². The van der Waals surface area contributed by atoms with Gasteiger partial charge in [0.05, 0.1) is 12.5 Å². The average Bonchev–Trinajstić information content (AvgIpc) is 3.40. The van der Waals surface area contributed by atoms with Crippen molar-refractivity contribution in [2.24, 2.45) is 22.2 Å². The van der Waals surface area contributed by atoms with Crippen molar-refractivity contribution in [3.05, 3.63) is 65.9 Å². The first-order valence-corrected chi connectivity index (χ1v) is 14.3. The average molecular weight is 639 g/mol. The minimum atomic E-state index is -1.46. The van der Waals surface area contributed by atoms with Gasteiger partial charge in [-0.05, 0) is 42.2 Å². The number of phenols is 1. The Balaban J connectivity index is 1.88. The number of nitrogens with zero attached hydrogens (tertiary/aromatic N) is 1. The van der Waals surface area contributed by atoms with Crippen LogP contribution in [0, 0.1) is 0 Å². The summed E-state index contributed by atoms with van der Waals surface area (Å²) in [5.74, 6) is -5.34. The van der Waals surface area contributed by atoms with Gasteiger partial charge in [-0.1, -0.05) is 30.3 Å². The van der Waals surface area contributed by atoms with Crippen LogP contribution in [0.4, 0.5) is 0 Å². The first-order chi connectivity index (χ1) is 21.8. The number of phenolic OH excluding ortho intramolecular Hbond substituents is 1. The second-order valence-electron chi connectivity index (χ2n) is 10.6. The van der Waals surface area contributed by atoms with E-state index in [0.717, 1.165) is 10.9 Å². The van der Waals surface area contributed by atoms with Gasteiger partial charge in [-0.2, -0.15) is 0 Å². The molecule has 3 rings (SSSR count). The summed E-state index contributed by atoms with van der Waals surface area (Å²) in [5, 5.41) is 36.8. The van der Waals surface area contributed by atoms with Gasteiger partial charge in [0, 0.05) is 36.5 Å². The van der Waals surface area contributed by atoms with Gasteiger partial charge < -0.3 is 53.5 Å². The number of carbonyl (C=O) groups excluding carboxylic acids is 3. The molecule has 0 radical (unpaired) electrons. The summed E-state index contributed by atoms with van der Waals surface area (Å²) < 4.78 is 0. The Hall–Kier alpha value is -5.64. The molecule has 16 nitrogen and oxygen atoms in total. The number of para-hydroxylation sites is 1. The molecule has 1 heterocycles. The normalized spacial score (nSPS) is 13.5. The smallest absolute Gasteiger partial charge is 0.326 e. The largest absolute Gasteiger partial charge is 0.508 e. The van der Waals surface area contributed by atoms with Crippen LogP contribution in [-0.4, -0.2) is 86.6 Å². The van der Waals surface area contributed by atoms with Crippen molar-refractivity contribution < 1.29 is 39.3 Å². The van der Waals surface area contributed by atoms with E-state index in [4.69, 9.17) is 22.3 Å². The Morgan fingerprint density at radius 2 is 1.43 bits per heavy atom. The Bertz CT molecular complexity index is 1570. The third-order valence-corrected chi connectivity index (χ3v) is 7.03. The molecular formula is C30H38N8O8. The van der Waals surface area contributed by atoms with E-state index in [1.807, 2.05) is 18.2 Å². The Kier molecular flexibility index (Phi) is 12.5. The second-order valence-corrected chi connectivity index (χ2v) is 10.6. The number of rotatable bonds is 17. The quantitative estimate of drug-likeness (QED) is 0.0488. The number of fused-ring (bicyclic) bond motifs is 1. The summed E-state index contributed by atoms with van der Waals surface area (Å²) in [5.41, 5.74) is 18.3. The molecule has 0 saturated heterocycles. The van der Waals surface area contributed by atoms with E-state index in [1.165, 1.54) is 24.3 Å². The van der Waals surface area contributed by atoms with E-state index in [9.17, 15) is 34.2 Å². The van der Waals surface area contributed by atoms with Gasteiger partial charge in [0.1, 0.15) is 23.9 Å². The fraction of sp³-hybridized carbons (Fsp3) is 0.333. The van der Waals surface area contributed by atoms with Crippen molar-refractivity contribution in [3.63, 3.8) is 0 Å². The van der Waals surface area contributed by atoms with Crippen LogP contribution < -0.4 is 33.2 Å². The Morgan fingerprint density at radius 1 is 0.826 bits per heavy atom. The highest BCUT2D eigenvalue weighted by Crippen LogP contribution is 2.20. The van der Waals surface area contributed by atoms with Gasteiger partial charge in [-0.15, -0.1) is 0 Å². The molecule has 0 aliphatic rings. The number of benzene rings is 2. The van der Waals surface area contributed by atoms with Crippen molar-refractivity contribution in [1.82, 2.24) is 20.9 Å². The number of aliphatic imine (C=N–C) groups is 1. The molecule has 1 aromatic heterocycles. The lowest BCUT2D eigenvalue weighted by Crippen LogP contribution is -2.58. The number of hydrogen-bond donors (Lipinski definition) is 10. The fourth-order valence-electron chi connectivity index (χ4n) is 4.67. The molecule has 2 aromatic carbocycles. The maximum Gasteiger partial charge on any atom is 0.326 e. The number of amides is 3. The zero-order valence-electron chi connectivity index (χ0n) is 24.8. The van der Waals surface area contributed by atoms with Crippen LogP contribution in [0.5, 0.6) is 5.75 Å². The summed E-state index contributed by atoms with van der Waals surface area (Å²) in [6, 6.07) is 7.66. The molecule has 16 heteroatoms. The number of aromatic hydroxyl groups is 1. The predicted molar refractivity (Wildman–Crippen MR) is 167 cm³/mol. The SMILES string of the molecule is NC(N)=NCCCC(NC(=O)C(Cc1ccc(O)cc1)NC(=O)C(Cc1c[nH]c2ccccc12)NC(=O)C(N)CC(=O)O)C(=O)O. The van der Waals surface area contributed by atoms with Crippen LogP contribution in [0.1, 0.15) is 30.4 Å². The minimum Gasteiger partial charge on any atom is -0.508 e. The fourth-order valence-corrected chi connectivity index (χ4v) is 4.67. The predicted octanol–water partition coefficient (Wildman–Crippen LogP) is -0.947. The topological polar surface area (TPSA) is 288 Å². The molecule has 13 N–H and O–H groups in total. The highest BCUT2D eigenvalue weighted by molar-refractivity contribution is 5.95. The van der Waals surface area contributed by atoms with Crippen molar-refractivity contribution in [2.45, 2.75) is 56.3 Å². The number of aliphatic carboxylic acids is 2. The lowest BCUT2D eigenvalue weighted by atomic mass is 10.0. The number of carboxylic acids is 2. The molecule has 3 aromatic rings. The van der Waals surface area contributed by atoms with E-state index in [1.54, 1.807) is 12.3 Å². The van der Waals surface area contributed by atoms with E-state index >= 15 is 0 Å². The van der Waals surface area contributed by atoms with Gasteiger partial charge in [-0.25, -0.2) is 4.79 Å². The zero-order chi connectivity index (χ0) is 33.8. The number of aromatic amines is 1. The van der Waals surface area contributed by atoms with E-state index < -0.39 is 60.2 Å². The highest BCUT2D eigenvalue weighted by Gasteiger charge is 2.31. The molecule has 0 aliphatic heterocycles. The molecule has 4 atom stereocenters. The maximum atomic E-state index is 13.8. The van der Waals surface area contributed by atoms with Crippen LogP contribution in [0.25, 0.3) is 10.9 Å². The summed E-state index contributed by atoms with van der Waals surface area (Å²) >= 11 is 0. The first kappa shape index (κ1) is 34.8. The van der Waals surface area contributed by atoms with Gasteiger partial charge in [0.15, 0.2) is 5.96 Å². The van der Waals surface area contributed by atoms with Gasteiger partial charge in [0.2, 0.25) is 17.7 Å². The summed E-state index contributed by atoms with van der Waals surface area (Å²) in [6.45, 7) is 0.134. The number of hydrogen-bond acceptors (Lipinski definition) is 8. The van der Waals surface area contributed by atoms with Gasteiger partial charge >= 0.3 is 11.9 Å². The highest BCUT2D eigenvalue weighted by atomic mass is 16.4. The van der Waals surface area contributed by atoms with Crippen LogP contribution >= 0.6 is 0 Å². The third-order valence-electron chi connectivity index (χ3n) is 7.03. The van der Waals surface area contributed by atoms with Crippen molar-refractivity contribution >= 4 is 46.5 Å². The number of nitrogens with one attached hydrogen (secondary N) is 4. The molecule has 0 aliphatic carbocycles. The van der Waals surface area contributed by atoms with Gasteiger partial charge in [-0.3, -0.25) is 24.2 Å². The summed E-state index contributed by atoms with van der Waals surface area (Å²) in [4.78, 5) is 70.1. The van der Waals surface area contributed by atoms with Crippen molar-refractivity contribution in [2.75, 3.05) is 6.54 Å². The molecule has 46 heavy (non-hydrogen) atoms. The lowest BCUT2D eigenvalue weighted by Gasteiger charge is -2.25. The molecule has 0 spiro atoms. The van der Waals surface area contributed by atoms with E-state index in [2.05, 4.69) is 25.9 Å². The molecule has 246 valence electrons. The summed E-state index contributed by atoms with van der Waals surface area (Å²) in [6.07, 6.45) is 1.04. The Morgan fingerprint density at radius 3 is 2.07 bits per heavy atom. The molecule has 0 saturated carbocycles. The number of aromatic nitrogens is 1. The second kappa shape index (κ2) is 16.4. The maximum absolute atomic E-state index is 13.8. The number of carboxylic acid groups (broad SMARTS) is 2. The number of carbonyl (C=O) groups is 5. The zero-order valence-corrected chi connectivity index (χ0v) is 24.8. The third kappa shape index (κ3) is 10.5. The molecular weight excluding hydrogens is 600 g/mol. The van der Waals surface area contributed by atoms with Crippen molar-refractivity contribution in [1.29, 1.82) is 0 Å². The monoisotopic (exact) mass is 638 g/mol. The molecule has 0 bridgehead atoms. The lowest BCUT2D eigenvalue weighted by molar-refractivity contribution is -0.142. The van der Waals surface area contributed by atoms with Crippen LogP contribution in [0.3, 0.4) is 0 Å². The van der Waals surface area contributed by atoms with Crippen LogP contribution in [0.15, 0.2) is 59.7 Å². The van der Waals surface area contributed by atoms with Crippen LogP contribution in [0.2, 0.25) is 0 Å². The summed E-state index contributed by atoms with van der Waals surface area (Å²) in [7, 11) is 0. The standard InChI is InChI=1S/C30H38N8O8/c31-20(14-25(40)41)26(42)37-24(13-17-15-35-21-5-2-1-4-19(17)21)28(44)38-23(12-16-7-9-18(39)10-8-16)27(43)36-22(29(45)46)6-3-11-34-30(32)33/h1-2,4-5,7-10,15,20,22-24,35,39H,3,6,11-14,31H2,(H,36,43)(H,37,42)(H,38,44)(H,40,41)(H,45,46)(H4,32,33,34). The number of H-pyrrole nitrogens is 1. The minimum absolute atomic E-state index is 0.0154. The molecule has 0 fully saturated rings. The van der Waals surface area contributed by atoms with Crippen LogP contribution in [-0.2, 0) is 36.8 Å². The van der Waals surface area contributed by atoms with E-state index in [-0.39, 0.29) is 43.9 Å². The molecule has 3 amide bonds. The molecule has 4 unspecified atom stereocenters. The van der Waals surface area contributed by atoms with Gasteiger partial charge in [0.25, 0.3) is 0 Å². The Labute approximate surface area is 263 Å².